The first-order chi connectivity index (χ1) is 17.4. The molecule has 0 N–H and O–H groups in total. The van der Waals surface area contributed by atoms with E-state index in [1.807, 2.05) is 6.07 Å². The predicted octanol–water partition coefficient (Wildman–Crippen LogP) is 7.09. The van der Waals surface area contributed by atoms with Gasteiger partial charge in [-0.05, 0) is 56.1 Å². The van der Waals surface area contributed by atoms with Crippen molar-refractivity contribution in [2.75, 3.05) is 37.2 Å². The molecule has 5 nitrogen and oxygen atoms in total. The molecule has 0 saturated carbocycles. The van der Waals surface area contributed by atoms with Gasteiger partial charge in [0.2, 0.25) is 0 Å². The number of para-hydroxylation sites is 1. The monoisotopic (exact) mass is 476 g/mol. The summed E-state index contributed by atoms with van der Waals surface area (Å²) in [5.74, 6) is 1.66. The van der Waals surface area contributed by atoms with Crippen molar-refractivity contribution in [2.24, 2.45) is 0 Å². The van der Waals surface area contributed by atoms with Gasteiger partial charge in [-0.25, -0.2) is 0 Å². The van der Waals surface area contributed by atoms with E-state index in [1.54, 1.807) is 0 Å². The number of hydrogen-bond donors (Lipinski definition) is 0. The number of ether oxygens (including phenoxy) is 1. The summed E-state index contributed by atoms with van der Waals surface area (Å²) in [5.41, 5.74) is 4.81. The van der Waals surface area contributed by atoms with Gasteiger partial charge in [-0.3, -0.25) is 4.90 Å². The number of fused-ring (bicyclic) bond motifs is 2. The van der Waals surface area contributed by atoms with Gasteiger partial charge in [0.15, 0.2) is 0 Å². The van der Waals surface area contributed by atoms with Crippen LogP contribution in [0.15, 0.2) is 97.3 Å². The first kappa shape index (κ1) is 22.5. The van der Waals surface area contributed by atoms with Crippen LogP contribution in [0.4, 0.5) is 17.1 Å². The number of rotatable bonds is 4. The molecule has 6 rings (SSSR count). The van der Waals surface area contributed by atoms with E-state index >= 15 is 0 Å². The molecule has 0 amide bonds. The Labute approximate surface area is 213 Å². The molecule has 2 aliphatic heterocycles. The second-order valence-electron chi connectivity index (χ2n) is 10.3. The third kappa shape index (κ3) is 3.86. The lowest BCUT2D eigenvalue weighted by Gasteiger charge is -2.47. The molecular formula is C31H32N4O. The molecule has 182 valence electrons. The van der Waals surface area contributed by atoms with E-state index in [2.05, 4.69) is 139 Å². The standard InChI is InChI=1S/C31H32N4O/c1-31(2)28-14-7-8-15-29(28)35(22-33(31)4)24-11-9-12-25(19-24)36-26-18-23-10-5-6-13-27(23)30(20-26)34-17-16-32(3)21-34/h5-20H,21-22H2,1-4H3. The maximum Gasteiger partial charge on any atom is 0.130 e. The van der Waals surface area contributed by atoms with Crippen LogP contribution in [0, 0.1) is 0 Å². The second-order valence-corrected chi connectivity index (χ2v) is 10.3. The van der Waals surface area contributed by atoms with Crippen LogP contribution >= 0.6 is 0 Å². The van der Waals surface area contributed by atoms with E-state index in [0.29, 0.717) is 0 Å². The minimum atomic E-state index is -0.0270. The Morgan fingerprint density at radius 3 is 2.36 bits per heavy atom. The Kier molecular flexibility index (Phi) is 5.38. The largest absolute Gasteiger partial charge is 0.457 e. The van der Waals surface area contributed by atoms with Crippen molar-refractivity contribution < 1.29 is 4.74 Å². The highest BCUT2D eigenvalue weighted by Gasteiger charge is 2.35. The molecule has 2 heterocycles. The van der Waals surface area contributed by atoms with Gasteiger partial charge in [0.25, 0.3) is 0 Å². The van der Waals surface area contributed by atoms with Crippen LogP contribution < -0.4 is 14.5 Å². The van der Waals surface area contributed by atoms with Crippen molar-refractivity contribution in [3.63, 3.8) is 0 Å². The zero-order chi connectivity index (χ0) is 24.9. The smallest absolute Gasteiger partial charge is 0.130 e. The van der Waals surface area contributed by atoms with Crippen LogP contribution in [0.2, 0.25) is 0 Å². The van der Waals surface area contributed by atoms with E-state index < -0.39 is 0 Å². The van der Waals surface area contributed by atoms with E-state index in [9.17, 15) is 0 Å². The van der Waals surface area contributed by atoms with Crippen molar-refractivity contribution in [3.8, 4) is 11.5 Å². The fourth-order valence-electron chi connectivity index (χ4n) is 5.21. The zero-order valence-electron chi connectivity index (χ0n) is 21.3. The summed E-state index contributed by atoms with van der Waals surface area (Å²) in [4.78, 5) is 9.18. The summed E-state index contributed by atoms with van der Waals surface area (Å²) < 4.78 is 6.50. The lowest BCUT2D eigenvalue weighted by molar-refractivity contribution is 0.150. The van der Waals surface area contributed by atoms with Crippen LogP contribution in [-0.4, -0.2) is 37.2 Å². The lowest BCUT2D eigenvalue weighted by atomic mass is 9.88. The summed E-state index contributed by atoms with van der Waals surface area (Å²) in [6.45, 7) is 6.20. The lowest BCUT2D eigenvalue weighted by Crippen LogP contribution is -2.49. The van der Waals surface area contributed by atoms with Crippen molar-refractivity contribution in [1.82, 2.24) is 9.80 Å². The van der Waals surface area contributed by atoms with Gasteiger partial charge in [0, 0.05) is 53.9 Å². The van der Waals surface area contributed by atoms with Gasteiger partial charge in [-0.15, -0.1) is 0 Å². The molecular weight excluding hydrogens is 444 g/mol. The second kappa shape index (κ2) is 8.61. The van der Waals surface area contributed by atoms with Crippen molar-refractivity contribution in [1.29, 1.82) is 0 Å². The fraction of sp³-hybridized carbons (Fsp3) is 0.226. The first-order valence-corrected chi connectivity index (χ1v) is 12.4. The Hall–Kier alpha value is -3.96. The van der Waals surface area contributed by atoms with Crippen LogP contribution in [-0.2, 0) is 5.54 Å². The summed E-state index contributed by atoms with van der Waals surface area (Å²) in [7, 11) is 4.27. The van der Waals surface area contributed by atoms with Crippen molar-refractivity contribution >= 4 is 27.8 Å². The zero-order valence-corrected chi connectivity index (χ0v) is 21.3. The maximum absolute atomic E-state index is 6.50. The molecule has 0 saturated heterocycles. The highest BCUT2D eigenvalue weighted by atomic mass is 16.5. The predicted molar refractivity (Wildman–Crippen MR) is 149 cm³/mol. The number of benzene rings is 4. The van der Waals surface area contributed by atoms with Gasteiger partial charge in [-0.2, -0.15) is 0 Å². The molecule has 0 radical (unpaired) electrons. The Balaban J connectivity index is 1.36. The molecule has 0 spiro atoms. The number of hydrogen-bond acceptors (Lipinski definition) is 5. The van der Waals surface area contributed by atoms with E-state index in [4.69, 9.17) is 4.74 Å². The fourth-order valence-corrected chi connectivity index (χ4v) is 5.21. The first-order valence-electron chi connectivity index (χ1n) is 12.4. The molecule has 0 aromatic heterocycles. The summed E-state index contributed by atoms with van der Waals surface area (Å²) in [6, 6.07) is 29.9. The SMILES string of the molecule is CN1C=CN(c2cc(Oc3cccc(N4CN(C)C(C)(C)c5ccccc54)c3)cc3ccccc23)C1. The molecule has 36 heavy (non-hydrogen) atoms. The molecule has 4 aromatic rings. The van der Waals surface area contributed by atoms with Crippen LogP contribution in [0.25, 0.3) is 10.8 Å². The summed E-state index contributed by atoms with van der Waals surface area (Å²) >= 11 is 0. The van der Waals surface area contributed by atoms with E-state index in [-0.39, 0.29) is 5.54 Å². The van der Waals surface area contributed by atoms with Crippen molar-refractivity contribution in [3.05, 3.63) is 103 Å². The van der Waals surface area contributed by atoms with Gasteiger partial charge in [0.1, 0.15) is 11.5 Å². The Bertz CT molecular complexity index is 1460. The summed E-state index contributed by atoms with van der Waals surface area (Å²) in [6.07, 6.45) is 4.22. The maximum atomic E-state index is 6.50. The Morgan fingerprint density at radius 1 is 0.722 bits per heavy atom. The quantitative estimate of drug-likeness (QED) is 0.313. The van der Waals surface area contributed by atoms with Crippen LogP contribution in [0.5, 0.6) is 11.5 Å². The van der Waals surface area contributed by atoms with Crippen LogP contribution in [0.3, 0.4) is 0 Å². The third-order valence-corrected chi connectivity index (χ3v) is 7.53. The minimum Gasteiger partial charge on any atom is -0.457 e. The Morgan fingerprint density at radius 2 is 1.53 bits per heavy atom. The third-order valence-electron chi connectivity index (χ3n) is 7.53. The molecule has 0 bridgehead atoms. The average Bonchev–Trinajstić information content (AvgIpc) is 3.32. The van der Waals surface area contributed by atoms with E-state index in [1.165, 1.54) is 16.6 Å². The molecule has 4 aromatic carbocycles. The van der Waals surface area contributed by atoms with Gasteiger partial charge < -0.3 is 19.4 Å². The normalized spacial score (nSPS) is 17.1. The summed E-state index contributed by atoms with van der Waals surface area (Å²) in [5, 5.41) is 2.38. The van der Waals surface area contributed by atoms with Gasteiger partial charge in [-0.1, -0.05) is 48.5 Å². The molecule has 0 fully saturated rings. The molecule has 2 aliphatic rings. The topological polar surface area (TPSA) is 22.2 Å². The van der Waals surface area contributed by atoms with Gasteiger partial charge >= 0.3 is 0 Å². The molecule has 0 atom stereocenters. The van der Waals surface area contributed by atoms with E-state index in [0.717, 1.165) is 41.6 Å². The number of anilines is 3. The molecule has 5 heteroatoms. The highest BCUT2D eigenvalue weighted by molar-refractivity contribution is 5.96. The molecule has 0 aliphatic carbocycles. The highest BCUT2D eigenvalue weighted by Crippen LogP contribution is 2.43. The van der Waals surface area contributed by atoms with Crippen LogP contribution in [0.1, 0.15) is 19.4 Å². The van der Waals surface area contributed by atoms with Gasteiger partial charge in [0.05, 0.1) is 19.0 Å². The van der Waals surface area contributed by atoms with Crippen molar-refractivity contribution in [2.45, 2.75) is 19.4 Å². The minimum absolute atomic E-state index is 0.0270. The number of nitrogens with zero attached hydrogens (tertiary/aromatic N) is 4. The molecule has 0 unspecified atom stereocenters. The average molecular weight is 477 g/mol.